The van der Waals surface area contributed by atoms with E-state index in [1.165, 1.54) is 16.4 Å². The Bertz CT molecular complexity index is 1050. The van der Waals surface area contributed by atoms with Gasteiger partial charge in [0, 0.05) is 18.5 Å². The molecule has 8 heteroatoms. The standard InChI is InChI=1S/C18H18N2O5S/c1-10-5-7-20(8-6-10)26(23,24)12-3-4-14-13(9-12)16-15(11(2)19-14)17(21)25-18(16)22/h3-4,9-10H,5-8H2,1-2H3. The predicted molar refractivity (Wildman–Crippen MR) is 93.4 cm³/mol. The summed E-state index contributed by atoms with van der Waals surface area (Å²) in [6, 6.07) is 4.49. The first kappa shape index (κ1) is 17.1. The van der Waals surface area contributed by atoms with Gasteiger partial charge in [0.2, 0.25) is 10.0 Å². The second-order valence-corrected chi connectivity index (χ2v) is 8.83. The highest BCUT2D eigenvalue weighted by atomic mass is 32.2. The molecule has 7 nitrogen and oxygen atoms in total. The van der Waals surface area contributed by atoms with Crippen LogP contribution in [0.4, 0.5) is 0 Å². The molecule has 0 atom stereocenters. The molecule has 2 aliphatic rings. The molecule has 4 rings (SSSR count). The van der Waals surface area contributed by atoms with Crippen LogP contribution in [0.3, 0.4) is 0 Å². The fourth-order valence-corrected chi connectivity index (χ4v) is 5.04. The normalized spacial score (nSPS) is 19.0. The summed E-state index contributed by atoms with van der Waals surface area (Å²) < 4.78 is 32.1. The summed E-state index contributed by atoms with van der Waals surface area (Å²) in [5, 5.41) is 0.327. The molecule has 0 spiro atoms. The zero-order valence-corrected chi connectivity index (χ0v) is 15.3. The number of aromatic nitrogens is 1. The number of carbonyl (C=O) groups is 2. The number of hydrogen-bond donors (Lipinski definition) is 0. The van der Waals surface area contributed by atoms with E-state index in [1.807, 2.05) is 0 Å². The number of benzene rings is 1. The number of rotatable bonds is 2. The van der Waals surface area contributed by atoms with Crippen LogP contribution in [0.15, 0.2) is 23.1 Å². The van der Waals surface area contributed by atoms with Crippen LogP contribution in [0, 0.1) is 12.8 Å². The fourth-order valence-electron chi connectivity index (χ4n) is 3.55. The molecule has 2 aliphatic heterocycles. The zero-order valence-electron chi connectivity index (χ0n) is 14.5. The molecule has 0 amide bonds. The molecule has 1 fully saturated rings. The Kier molecular flexibility index (Phi) is 3.85. The Balaban J connectivity index is 1.86. The average molecular weight is 374 g/mol. The van der Waals surface area contributed by atoms with Crippen molar-refractivity contribution in [3.8, 4) is 0 Å². The van der Waals surface area contributed by atoms with Gasteiger partial charge in [-0.1, -0.05) is 6.92 Å². The molecule has 0 N–H and O–H groups in total. The van der Waals surface area contributed by atoms with Crippen molar-refractivity contribution in [2.75, 3.05) is 13.1 Å². The number of cyclic esters (lactones) is 2. The van der Waals surface area contributed by atoms with E-state index in [4.69, 9.17) is 4.74 Å². The molecule has 0 unspecified atom stereocenters. The number of aryl methyl sites for hydroxylation is 1. The van der Waals surface area contributed by atoms with E-state index >= 15 is 0 Å². The van der Waals surface area contributed by atoms with Crippen LogP contribution >= 0.6 is 0 Å². The first-order valence-electron chi connectivity index (χ1n) is 8.50. The highest BCUT2D eigenvalue weighted by Crippen LogP contribution is 2.32. The van der Waals surface area contributed by atoms with Gasteiger partial charge in [0.1, 0.15) is 0 Å². The maximum absolute atomic E-state index is 13.0. The van der Waals surface area contributed by atoms with E-state index in [-0.39, 0.29) is 16.0 Å². The topological polar surface area (TPSA) is 93.6 Å². The molecule has 1 saturated heterocycles. The largest absolute Gasteiger partial charge is 0.386 e. The van der Waals surface area contributed by atoms with Gasteiger partial charge in [0.15, 0.2) is 0 Å². The molecule has 0 saturated carbocycles. The predicted octanol–water partition coefficient (Wildman–Crippen LogP) is 2.27. The Labute approximate surface area is 151 Å². The number of pyridine rings is 1. The van der Waals surface area contributed by atoms with E-state index in [9.17, 15) is 18.0 Å². The summed E-state index contributed by atoms with van der Waals surface area (Å²) in [6.07, 6.45) is 1.65. The third-order valence-electron chi connectivity index (χ3n) is 5.11. The first-order chi connectivity index (χ1) is 12.3. The SMILES string of the molecule is Cc1nc2ccc(S(=O)(=O)N3CCC(C)CC3)cc2c2c1C(=O)OC2=O. The number of piperidine rings is 1. The second kappa shape index (κ2) is 5.85. The van der Waals surface area contributed by atoms with E-state index in [0.717, 1.165) is 12.8 Å². The summed E-state index contributed by atoms with van der Waals surface area (Å²) in [7, 11) is -3.67. The van der Waals surface area contributed by atoms with E-state index in [2.05, 4.69) is 11.9 Å². The molecule has 0 radical (unpaired) electrons. The van der Waals surface area contributed by atoms with Crippen LogP contribution in [0.1, 0.15) is 46.2 Å². The van der Waals surface area contributed by atoms with Crippen molar-refractivity contribution in [2.24, 2.45) is 5.92 Å². The number of carbonyl (C=O) groups excluding carboxylic acids is 2. The average Bonchev–Trinajstić information content (AvgIpc) is 2.90. The van der Waals surface area contributed by atoms with Gasteiger partial charge < -0.3 is 4.74 Å². The van der Waals surface area contributed by atoms with E-state index in [1.54, 1.807) is 13.0 Å². The quantitative estimate of drug-likeness (QED) is 0.591. The van der Waals surface area contributed by atoms with Gasteiger partial charge in [-0.05, 0) is 43.9 Å². The van der Waals surface area contributed by atoms with Crippen LogP contribution in [0.2, 0.25) is 0 Å². The smallest absolute Gasteiger partial charge is 0.348 e. The van der Waals surface area contributed by atoms with Crippen LogP contribution < -0.4 is 0 Å². The number of sulfonamides is 1. The van der Waals surface area contributed by atoms with Crippen molar-refractivity contribution in [1.29, 1.82) is 0 Å². The molecular weight excluding hydrogens is 356 g/mol. The maximum Gasteiger partial charge on any atom is 0.348 e. The zero-order chi connectivity index (χ0) is 18.6. The summed E-state index contributed by atoms with van der Waals surface area (Å²) in [5.74, 6) is -0.994. The van der Waals surface area contributed by atoms with Gasteiger partial charge in [0.25, 0.3) is 0 Å². The lowest BCUT2D eigenvalue weighted by atomic mass is 10.0. The number of esters is 2. The van der Waals surface area contributed by atoms with Crippen molar-refractivity contribution in [2.45, 2.75) is 31.6 Å². The van der Waals surface area contributed by atoms with Gasteiger partial charge in [-0.25, -0.2) is 18.0 Å². The molecule has 0 aliphatic carbocycles. The Hall–Kier alpha value is -2.32. The highest BCUT2D eigenvalue weighted by Gasteiger charge is 2.35. The van der Waals surface area contributed by atoms with Crippen LogP contribution in [0.5, 0.6) is 0 Å². The molecule has 26 heavy (non-hydrogen) atoms. The van der Waals surface area contributed by atoms with Crippen molar-refractivity contribution in [3.63, 3.8) is 0 Å². The highest BCUT2D eigenvalue weighted by molar-refractivity contribution is 7.89. The lowest BCUT2D eigenvalue weighted by Crippen LogP contribution is -2.37. The minimum Gasteiger partial charge on any atom is -0.386 e. The Morgan fingerprint density at radius 1 is 1.12 bits per heavy atom. The van der Waals surface area contributed by atoms with Crippen LogP contribution in [-0.2, 0) is 14.8 Å². The van der Waals surface area contributed by atoms with Crippen molar-refractivity contribution >= 4 is 32.9 Å². The third kappa shape index (κ3) is 2.52. The Morgan fingerprint density at radius 2 is 1.77 bits per heavy atom. The van der Waals surface area contributed by atoms with Crippen molar-refractivity contribution in [1.82, 2.24) is 9.29 Å². The minimum atomic E-state index is -3.67. The number of fused-ring (bicyclic) bond motifs is 3. The third-order valence-corrected chi connectivity index (χ3v) is 7.01. The summed E-state index contributed by atoms with van der Waals surface area (Å²) in [5.41, 5.74) is 1.06. The number of ether oxygens (including phenoxy) is 1. The van der Waals surface area contributed by atoms with Gasteiger partial charge in [-0.2, -0.15) is 4.31 Å². The maximum atomic E-state index is 13.0. The van der Waals surface area contributed by atoms with Gasteiger partial charge in [0.05, 0.1) is 27.2 Å². The minimum absolute atomic E-state index is 0.0968. The summed E-state index contributed by atoms with van der Waals surface area (Å²) >= 11 is 0. The van der Waals surface area contributed by atoms with Gasteiger partial charge >= 0.3 is 11.9 Å². The Morgan fingerprint density at radius 3 is 2.46 bits per heavy atom. The first-order valence-corrected chi connectivity index (χ1v) is 9.94. The van der Waals surface area contributed by atoms with Crippen molar-refractivity contribution < 1.29 is 22.7 Å². The number of hydrogen-bond acceptors (Lipinski definition) is 6. The van der Waals surface area contributed by atoms with Gasteiger partial charge in [-0.3, -0.25) is 4.98 Å². The van der Waals surface area contributed by atoms with Crippen LogP contribution in [-0.4, -0.2) is 42.7 Å². The second-order valence-electron chi connectivity index (χ2n) is 6.89. The van der Waals surface area contributed by atoms with Crippen molar-refractivity contribution in [3.05, 3.63) is 35.0 Å². The lowest BCUT2D eigenvalue weighted by Gasteiger charge is -2.29. The van der Waals surface area contributed by atoms with Crippen LogP contribution in [0.25, 0.3) is 10.9 Å². The molecule has 0 bridgehead atoms. The number of nitrogens with zero attached hydrogens (tertiary/aromatic N) is 2. The molecule has 136 valence electrons. The monoisotopic (exact) mass is 374 g/mol. The van der Waals surface area contributed by atoms with E-state index < -0.39 is 22.0 Å². The van der Waals surface area contributed by atoms with Gasteiger partial charge in [-0.15, -0.1) is 0 Å². The van der Waals surface area contributed by atoms with E-state index in [0.29, 0.717) is 35.6 Å². The lowest BCUT2D eigenvalue weighted by molar-refractivity contribution is 0.0444. The fraction of sp³-hybridized carbons (Fsp3) is 0.389. The molecular formula is C18H18N2O5S. The molecule has 1 aromatic heterocycles. The summed E-state index contributed by atoms with van der Waals surface area (Å²) in [6.45, 7) is 4.69. The molecule has 2 aromatic rings. The molecule has 1 aromatic carbocycles. The summed E-state index contributed by atoms with van der Waals surface area (Å²) in [4.78, 5) is 28.4. The molecule has 3 heterocycles.